The van der Waals surface area contributed by atoms with Crippen molar-refractivity contribution in [3.8, 4) is 0 Å². The lowest BCUT2D eigenvalue weighted by atomic mass is 10.3. The SMILES string of the molecule is OB(O)O.O[B]O.O[B]O. The van der Waals surface area contributed by atoms with Gasteiger partial charge in [0.25, 0.3) is 0 Å². The maximum absolute atomic E-state index is 7.17. The first-order chi connectivity index (χ1) is 4.56. The van der Waals surface area contributed by atoms with Gasteiger partial charge in [0.2, 0.25) is 0 Å². The number of rotatable bonds is 0. The van der Waals surface area contributed by atoms with Crippen molar-refractivity contribution >= 4 is 22.7 Å². The van der Waals surface area contributed by atoms with Crippen LogP contribution in [0.5, 0.6) is 0 Å². The van der Waals surface area contributed by atoms with Crippen molar-refractivity contribution in [3.63, 3.8) is 0 Å². The molecule has 10 heteroatoms. The molecule has 0 saturated carbocycles. The highest BCUT2D eigenvalue weighted by molar-refractivity contribution is 6.30. The first kappa shape index (κ1) is 16.5. The molecule has 0 fully saturated rings. The third kappa shape index (κ3) is 52100. The molecule has 0 atom stereocenters. The third-order valence-electron chi connectivity index (χ3n) is 0. The fraction of sp³-hybridized carbons (Fsp3) is 0. The van der Waals surface area contributed by atoms with Crippen LogP contribution in [0.1, 0.15) is 0 Å². The standard InChI is InChI=1S/BH3O3.2BH2O2/c2-1(3)4;2*2-1-3/h2-4H;2*2-3H. The average Bonchev–Trinajstić information content (AvgIpc) is 1.65. The van der Waals surface area contributed by atoms with E-state index in [1.165, 1.54) is 0 Å². The van der Waals surface area contributed by atoms with Gasteiger partial charge in [-0.2, -0.15) is 0 Å². The van der Waals surface area contributed by atoms with E-state index in [1.807, 2.05) is 0 Å². The molecular formula is H7B3O7. The Morgan fingerprint density at radius 2 is 0.700 bits per heavy atom. The molecular weight excluding hydrogens is 144 g/mol. The smallest absolute Gasteiger partial charge is 0.429 e. The van der Waals surface area contributed by atoms with Gasteiger partial charge in [0.15, 0.2) is 0 Å². The van der Waals surface area contributed by atoms with E-state index >= 15 is 0 Å². The van der Waals surface area contributed by atoms with Crippen molar-refractivity contribution in [2.45, 2.75) is 0 Å². The van der Waals surface area contributed by atoms with Crippen LogP contribution in [0.3, 0.4) is 0 Å². The Morgan fingerprint density at radius 1 is 0.700 bits per heavy atom. The molecule has 0 aliphatic carbocycles. The topological polar surface area (TPSA) is 142 Å². The van der Waals surface area contributed by atoms with Crippen LogP contribution in [0.2, 0.25) is 0 Å². The van der Waals surface area contributed by atoms with Gasteiger partial charge in [-0.05, 0) is 0 Å². The summed E-state index contributed by atoms with van der Waals surface area (Å²) in [6.07, 6.45) is 0. The summed E-state index contributed by atoms with van der Waals surface area (Å²) in [4.78, 5) is 0. The summed E-state index contributed by atoms with van der Waals surface area (Å²) in [5, 5.41) is 49.5. The van der Waals surface area contributed by atoms with Crippen molar-refractivity contribution in [1.82, 2.24) is 0 Å². The molecule has 0 unspecified atom stereocenters. The van der Waals surface area contributed by atoms with E-state index < -0.39 is 7.32 Å². The van der Waals surface area contributed by atoms with Gasteiger partial charge in [-0.15, -0.1) is 0 Å². The Kier molecular flexibility index (Phi) is 38.1. The summed E-state index contributed by atoms with van der Waals surface area (Å²) in [5.41, 5.74) is 0. The van der Waals surface area contributed by atoms with Gasteiger partial charge >= 0.3 is 22.7 Å². The van der Waals surface area contributed by atoms with E-state index in [-0.39, 0.29) is 15.4 Å². The summed E-state index contributed by atoms with van der Waals surface area (Å²) in [7, 11) is -2.17. The van der Waals surface area contributed by atoms with E-state index in [2.05, 4.69) is 0 Å². The van der Waals surface area contributed by atoms with Crippen LogP contribution in [0, 0.1) is 0 Å². The van der Waals surface area contributed by atoms with Crippen molar-refractivity contribution in [2.24, 2.45) is 0 Å². The van der Waals surface area contributed by atoms with Crippen LogP contribution in [0.15, 0.2) is 0 Å². The lowest BCUT2D eigenvalue weighted by Crippen LogP contribution is -2.07. The van der Waals surface area contributed by atoms with Gasteiger partial charge in [-0.1, -0.05) is 0 Å². The maximum Gasteiger partial charge on any atom is 0.631 e. The third-order valence-corrected chi connectivity index (χ3v) is 0. The lowest BCUT2D eigenvalue weighted by molar-refractivity contribution is 0.278. The van der Waals surface area contributed by atoms with Gasteiger partial charge < -0.3 is 35.2 Å². The molecule has 0 spiro atoms. The maximum atomic E-state index is 7.17. The zero-order valence-electron chi connectivity index (χ0n) is 4.86. The zero-order valence-corrected chi connectivity index (χ0v) is 4.86. The second-order valence-electron chi connectivity index (χ2n) is 0.577. The van der Waals surface area contributed by atoms with E-state index in [0.717, 1.165) is 0 Å². The van der Waals surface area contributed by atoms with Gasteiger partial charge in [-0.3, -0.25) is 0 Å². The molecule has 7 nitrogen and oxygen atoms in total. The fourth-order valence-corrected chi connectivity index (χ4v) is 0. The lowest BCUT2D eigenvalue weighted by Gasteiger charge is -1.69. The van der Waals surface area contributed by atoms with Crippen molar-refractivity contribution < 1.29 is 35.2 Å². The van der Waals surface area contributed by atoms with E-state index in [0.29, 0.717) is 0 Å². The largest absolute Gasteiger partial charge is 0.631 e. The van der Waals surface area contributed by atoms with E-state index in [9.17, 15) is 0 Å². The first-order valence-corrected chi connectivity index (χ1v) is 1.81. The quantitative estimate of drug-likeness (QED) is 0.172. The monoisotopic (exact) mass is 152 g/mol. The Hall–Kier alpha value is -0.0852. The van der Waals surface area contributed by atoms with E-state index in [4.69, 9.17) is 35.2 Å². The van der Waals surface area contributed by atoms with Crippen LogP contribution < -0.4 is 0 Å². The molecule has 0 aromatic rings. The zero-order chi connectivity index (χ0) is 8.99. The van der Waals surface area contributed by atoms with Crippen molar-refractivity contribution in [2.75, 3.05) is 0 Å². The van der Waals surface area contributed by atoms with Crippen LogP contribution in [0.25, 0.3) is 0 Å². The predicted octanol–water partition coefficient (Wildman–Crippen LogP) is -5.04. The molecule has 0 aromatic heterocycles. The Balaban J connectivity index is -0.0000000750. The second kappa shape index (κ2) is 23.1. The van der Waals surface area contributed by atoms with E-state index in [1.54, 1.807) is 0 Å². The number of hydrogen-bond donors (Lipinski definition) is 7. The molecule has 0 heterocycles. The van der Waals surface area contributed by atoms with Crippen LogP contribution in [-0.4, -0.2) is 57.9 Å². The number of hydrogen-bond acceptors (Lipinski definition) is 7. The summed E-state index contributed by atoms with van der Waals surface area (Å²) in [6.45, 7) is 0. The van der Waals surface area contributed by atoms with Crippen LogP contribution in [-0.2, 0) is 0 Å². The normalized spacial score (nSPS) is 5.50. The summed E-state index contributed by atoms with van der Waals surface area (Å²) >= 11 is 0. The van der Waals surface area contributed by atoms with Gasteiger partial charge in [-0.25, -0.2) is 0 Å². The van der Waals surface area contributed by atoms with Gasteiger partial charge in [0.05, 0.1) is 0 Å². The Morgan fingerprint density at radius 3 is 0.700 bits per heavy atom. The summed E-state index contributed by atoms with van der Waals surface area (Å²) in [6, 6.07) is 0. The molecule has 0 amide bonds. The molecule has 0 saturated heterocycles. The molecule has 0 aliphatic rings. The molecule has 2 radical (unpaired) electrons. The summed E-state index contributed by atoms with van der Waals surface area (Å²) < 4.78 is 0. The Bertz CT molecular complexity index is 25.3. The highest BCUT2D eigenvalue weighted by atomic mass is 16.5. The van der Waals surface area contributed by atoms with Crippen molar-refractivity contribution in [3.05, 3.63) is 0 Å². The van der Waals surface area contributed by atoms with Crippen LogP contribution >= 0.6 is 0 Å². The van der Waals surface area contributed by atoms with Gasteiger partial charge in [0.1, 0.15) is 0 Å². The molecule has 10 heavy (non-hydrogen) atoms. The average molecular weight is 151 g/mol. The molecule has 0 aliphatic heterocycles. The Labute approximate surface area is 59.0 Å². The minimum absolute atomic E-state index is 0. The molecule has 7 N–H and O–H groups in total. The molecule has 0 aromatic carbocycles. The first-order valence-electron chi connectivity index (χ1n) is 1.81. The molecule has 58 valence electrons. The predicted molar refractivity (Wildman–Crippen MR) is 32.8 cm³/mol. The van der Waals surface area contributed by atoms with Crippen molar-refractivity contribution in [1.29, 1.82) is 0 Å². The van der Waals surface area contributed by atoms with Crippen LogP contribution in [0.4, 0.5) is 0 Å². The fourth-order valence-electron chi connectivity index (χ4n) is 0. The minimum Gasteiger partial charge on any atom is -0.429 e. The molecule has 0 rings (SSSR count). The minimum atomic E-state index is -2.17. The highest BCUT2D eigenvalue weighted by Gasteiger charge is 1.92. The molecule has 0 bridgehead atoms. The second-order valence-corrected chi connectivity index (χ2v) is 0.577. The summed E-state index contributed by atoms with van der Waals surface area (Å²) in [5.74, 6) is 0. The van der Waals surface area contributed by atoms with Gasteiger partial charge in [0, 0.05) is 0 Å². The highest BCUT2D eigenvalue weighted by Crippen LogP contribution is 1.40.